The van der Waals surface area contributed by atoms with Crippen molar-refractivity contribution in [3.05, 3.63) is 96.3 Å². The van der Waals surface area contributed by atoms with Crippen molar-refractivity contribution in [2.24, 2.45) is 0 Å². The van der Waals surface area contributed by atoms with Gasteiger partial charge in [0.25, 0.3) is 5.56 Å². The van der Waals surface area contributed by atoms with Crippen LogP contribution < -0.4 is 10.3 Å². The zero-order chi connectivity index (χ0) is 21.7. The van der Waals surface area contributed by atoms with Gasteiger partial charge in [0.05, 0.1) is 15.7 Å². The van der Waals surface area contributed by atoms with Crippen molar-refractivity contribution in [2.45, 2.75) is 32.9 Å². The van der Waals surface area contributed by atoms with Crippen LogP contribution in [0.3, 0.4) is 0 Å². The molecule has 2 aromatic carbocycles. The average molecular weight is 535 g/mol. The molecule has 0 aliphatic carbocycles. The molecule has 156 valence electrons. The van der Waals surface area contributed by atoms with Crippen molar-refractivity contribution in [2.75, 3.05) is 0 Å². The number of halogens is 2. The summed E-state index contributed by atoms with van der Waals surface area (Å²) in [6.07, 6.45) is 1.51. The number of aromatic carboxylic acids is 1. The predicted molar refractivity (Wildman–Crippen MR) is 123 cm³/mol. The second-order valence-electron chi connectivity index (χ2n) is 6.79. The Kier molecular flexibility index (Phi) is 7.50. The van der Waals surface area contributed by atoms with Crippen LogP contribution in [0.5, 0.6) is 5.75 Å². The van der Waals surface area contributed by atoms with Crippen LogP contribution in [0.15, 0.2) is 68.3 Å². The molecule has 3 rings (SSSR count). The number of aryl methyl sites for hydroxylation is 2. The van der Waals surface area contributed by atoms with E-state index in [9.17, 15) is 9.59 Å². The molecule has 0 amide bonds. The molecule has 0 spiro atoms. The van der Waals surface area contributed by atoms with Crippen molar-refractivity contribution < 1.29 is 14.6 Å². The highest BCUT2D eigenvalue weighted by Gasteiger charge is 2.14. The van der Waals surface area contributed by atoms with Gasteiger partial charge in [-0.15, -0.1) is 0 Å². The first-order valence-corrected chi connectivity index (χ1v) is 11.1. The maximum Gasteiger partial charge on any atom is 0.335 e. The minimum atomic E-state index is -0.958. The topological polar surface area (TPSA) is 68.5 Å². The van der Waals surface area contributed by atoms with Gasteiger partial charge in [-0.1, -0.05) is 31.2 Å². The molecule has 30 heavy (non-hydrogen) atoms. The molecule has 1 aromatic heterocycles. The van der Waals surface area contributed by atoms with Gasteiger partial charge >= 0.3 is 5.97 Å². The Bertz CT molecular complexity index is 1110. The normalized spacial score (nSPS) is 10.8. The molecule has 1 heterocycles. The quantitative estimate of drug-likeness (QED) is 0.417. The highest BCUT2D eigenvalue weighted by molar-refractivity contribution is 9.11. The standard InChI is InChI=1S/C23H21Br2NO4/c1-2-15-4-3-5-18(12-15)30-14-21-19(24)13-20(25)22(27)26(21)11-10-16-6-8-17(9-7-16)23(28)29/h3-9,12-13H,2,10-11,14H2,1H3,(H,28,29). The first-order chi connectivity index (χ1) is 14.4. The summed E-state index contributed by atoms with van der Waals surface area (Å²) in [6.45, 7) is 2.77. The maximum atomic E-state index is 12.8. The SMILES string of the molecule is CCc1cccc(OCc2c(Br)cc(Br)c(=O)n2CCc2ccc(C(=O)O)cc2)c1. The summed E-state index contributed by atoms with van der Waals surface area (Å²) >= 11 is 6.88. The second kappa shape index (κ2) is 10.1. The van der Waals surface area contributed by atoms with Crippen molar-refractivity contribution in [3.8, 4) is 5.75 Å². The molecule has 0 fully saturated rings. The van der Waals surface area contributed by atoms with Crippen LogP contribution >= 0.6 is 31.9 Å². The zero-order valence-corrected chi connectivity index (χ0v) is 19.6. The molecule has 5 nitrogen and oxygen atoms in total. The number of hydrogen-bond acceptors (Lipinski definition) is 3. The largest absolute Gasteiger partial charge is 0.487 e. The third kappa shape index (κ3) is 5.40. The summed E-state index contributed by atoms with van der Waals surface area (Å²) in [6, 6.07) is 16.3. The maximum absolute atomic E-state index is 12.8. The lowest BCUT2D eigenvalue weighted by Gasteiger charge is -2.16. The first-order valence-electron chi connectivity index (χ1n) is 9.50. The van der Waals surface area contributed by atoms with Crippen LogP contribution in [0.2, 0.25) is 0 Å². The van der Waals surface area contributed by atoms with E-state index in [0.29, 0.717) is 17.4 Å². The van der Waals surface area contributed by atoms with Crippen LogP contribution in [0.4, 0.5) is 0 Å². The van der Waals surface area contributed by atoms with Crippen LogP contribution in [-0.4, -0.2) is 15.6 Å². The Morgan fingerprint density at radius 1 is 1.03 bits per heavy atom. The molecule has 1 N–H and O–H groups in total. The monoisotopic (exact) mass is 533 g/mol. The lowest BCUT2D eigenvalue weighted by molar-refractivity contribution is 0.0697. The van der Waals surface area contributed by atoms with Gasteiger partial charge in [-0.05, 0) is 86.2 Å². The van der Waals surface area contributed by atoms with Gasteiger partial charge in [0, 0.05) is 11.0 Å². The lowest BCUT2D eigenvalue weighted by atomic mass is 10.1. The summed E-state index contributed by atoms with van der Waals surface area (Å²) in [5, 5.41) is 9.03. The van der Waals surface area contributed by atoms with Gasteiger partial charge in [0.15, 0.2) is 0 Å². The van der Waals surface area contributed by atoms with Crippen molar-refractivity contribution in [1.82, 2.24) is 4.57 Å². The molecule has 0 bridgehead atoms. The summed E-state index contributed by atoms with van der Waals surface area (Å²) in [5.74, 6) is -0.201. The number of benzene rings is 2. The number of pyridine rings is 1. The fourth-order valence-electron chi connectivity index (χ4n) is 3.08. The number of nitrogens with zero attached hydrogens (tertiary/aromatic N) is 1. The molecule has 0 aliphatic rings. The Morgan fingerprint density at radius 3 is 2.43 bits per heavy atom. The third-order valence-electron chi connectivity index (χ3n) is 4.81. The van der Waals surface area contributed by atoms with E-state index in [1.807, 2.05) is 24.3 Å². The van der Waals surface area contributed by atoms with E-state index in [2.05, 4.69) is 38.8 Å². The summed E-state index contributed by atoms with van der Waals surface area (Å²) < 4.78 is 8.90. The number of ether oxygens (including phenoxy) is 1. The van der Waals surface area contributed by atoms with Crippen LogP contribution in [-0.2, 0) is 26.0 Å². The molecular formula is C23H21Br2NO4. The van der Waals surface area contributed by atoms with Gasteiger partial charge in [-0.3, -0.25) is 4.79 Å². The summed E-state index contributed by atoms with van der Waals surface area (Å²) in [4.78, 5) is 23.8. The van der Waals surface area contributed by atoms with E-state index < -0.39 is 5.97 Å². The number of carbonyl (C=O) groups is 1. The van der Waals surface area contributed by atoms with Gasteiger partial charge in [-0.25, -0.2) is 4.79 Å². The van der Waals surface area contributed by atoms with Crippen LogP contribution in [0.25, 0.3) is 0 Å². The van der Waals surface area contributed by atoms with E-state index >= 15 is 0 Å². The highest BCUT2D eigenvalue weighted by atomic mass is 79.9. The van der Waals surface area contributed by atoms with Crippen molar-refractivity contribution in [1.29, 1.82) is 0 Å². The number of aromatic nitrogens is 1. The third-order valence-corrected chi connectivity index (χ3v) is 6.07. The van der Waals surface area contributed by atoms with E-state index in [-0.39, 0.29) is 17.7 Å². The number of carboxylic acids is 1. The van der Waals surface area contributed by atoms with Crippen molar-refractivity contribution in [3.63, 3.8) is 0 Å². The molecular weight excluding hydrogens is 514 g/mol. The van der Waals surface area contributed by atoms with E-state index in [4.69, 9.17) is 9.84 Å². The van der Waals surface area contributed by atoms with Gasteiger partial charge in [0.2, 0.25) is 0 Å². The molecule has 0 unspecified atom stereocenters. The minimum absolute atomic E-state index is 0.138. The van der Waals surface area contributed by atoms with Gasteiger partial charge < -0.3 is 14.4 Å². The fourth-order valence-corrected chi connectivity index (χ4v) is 4.39. The van der Waals surface area contributed by atoms with Crippen molar-refractivity contribution >= 4 is 37.8 Å². The van der Waals surface area contributed by atoms with Crippen LogP contribution in [0, 0.1) is 0 Å². The zero-order valence-electron chi connectivity index (χ0n) is 16.4. The minimum Gasteiger partial charge on any atom is -0.487 e. The Hall–Kier alpha value is -2.38. The summed E-state index contributed by atoms with van der Waals surface area (Å²) in [7, 11) is 0. The molecule has 7 heteroatoms. The smallest absolute Gasteiger partial charge is 0.335 e. The number of carboxylic acid groups (broad SMARTS) is 1. The molecule has 0 saturated heterocycles. The second-order valence-corrected chi connectivity index (χ2v) is 8.49. The fraction of sp³-hybridized carbons (Fsp3) is 0.217. The van der Waals surface area contributed by atoms with E-state index in [0.717, 1.165) is 27.9 Å². The molecule has 0 saturated carbocycles. The Morgan fingerprint density at radius 2 is 1.77 bits per heavy atom. The van der Waals surface area contributed by atoms with Gasteiger partial charge in [0.1, 0.15) is 12.4 Å². The van der Waals surface area contributed by atoms with E-state index in [1.165, 1.54) is 5.56 Å². The molecule has 0 radical (unpaired) electrons. The summed E-state index contributed by atoms with van der Waals surface area (Å²) in [5.41, 5.74) is 2.98. The Labute approximate surface area is 191 Å². The number of rotatable bonds is 8. The van der Waals surface area contributed by atoms with E-state index in [1.54, 1.807) is 34.9 Å². The molecule has 0 aliphatic heterocycles. The van der Waals surface area contributed by atoms with Gasteiger partial charge in [-0.2, -0.15) is 0 Å². The predicted octanol–water partition coefficient (Wildman–Crippen LogP) is 5.46. The average Bonchev–Trinajstić information content (AvgIpc) is 2.75. The highest BCUT2D eigenvalue weighted by Crippen LogP contribution is 2.22. The number of hydrogen-bond donors (Lipinski definition) is 1. The van der Waals surface area contributed by atoms with Crippen LogP contribution in [0.1, 0.15) is 34.1 Å². The Balaban J connectivity index is 1.82. The molecule has 3 aromatic rings. The molecule has 0 atom stereocenters. The first kappa shape index (κ1) is 22.3. The lowest BCUT2D eigenvalue weighted by Crippen LogP contribution is -2.26.